The molecule has 1 aliphatic heterocycles. The van der Waals surface area contributed by atoms with E-state index in [2.05, 4.69) is 5.32 Å². The Morgan fingerprint density at radius 3 is 2.35 bits per heavy atom. The monoisotopic (exact) mass is 238 g/mol. The Hall–Kier alpha value is -0.570. The number of rotatable bonds is 4. The van der Waals surface area contributed by atoms with Gasteiger partial charge in [0.25, 0.3) is 0 Å². The quantitative estimate of drug-likeness (QED) is 0.812. The number of amides is 1. The molecule has 3 heteroatoms. The zero-order chi connectivity index (χ0) is 12.3. The van der Waals surface area contributed by atoms with Crippen LogP contribution in [0.3, 0.4) is 0 Å². The van der Waals surface area contributed by atoms with Gasteiger partial charge in [0.1, 0.15) is 0 Å². The molecule has 0 aromatic heterocycles. The van der Waals surface area contributed by atoms with Crippen LogP contribution in [0.2, 0.25) is 0 Å². The van der Waals surface area contributed by atoms with Gasteiger partial charge in [0.15, 0.2) is 0 Å². The second-order valence-electron chi connectivity index (χ2n) is 5.96. The van der Waals surface area contributed by atoms with Crippen molar-refractivity contribution in [2.45, 2.75) is 52.0 Å². The molecule has 2 aliphatic rings. The fraction of sp³-hybridized carbons (Fsp3) is 0.929. The maximum Gasteiger partial charge on any atom is 0.225 e. The summed E-state index contributed by atoms with van der Waals surface area (Å²) in [7, 11) is 0. The van der Waals surface area contributed by atoms with Crippen LogP contribution in [-0.2, 0) is 4.79 Å². The van der Waals surface area contributed by atoms with Crippen molar-refractivity contribution in [2.75, 3.05) is 19.6 Å². The maximum absolute atomic E-state index is 11.8. The summed E-state index contributed by atoms with van der Waals surface area (Å²) in [6, 6.07) is 0.645. The molecular formula is C14H26N2O. The van der Waals surface area contributed by atoms with Gasteiger partial charge in [0, 0.05) is 25.0 Å². The fourth-order valence-corrected chi connectivity index (χ4v) is 2.70. The van der Waals surface area contributed by atoms with Gasteiger partial charge in [-0.25, -0.2) is 0 Å². The zero-order valence-corrected chi connectivity index (χ0v) is 11.2. The maximum atomic E-state index is 11.8. The Bertz CT molecular complexity index is 253. The third-order valence-electron chi connectivity index (χ3n) is 4.22. The Balaban J connectivity index is 1.65. The van der Waals surface area contributed by atoms with Crippen LogP contribution < -0.4 is 5.32 Å². The van der Waals surface area contributed by atoms with Gasteiger partial charge in [-0.1, -0.05) is 20.3 Å². The van der Waals surface area contributed by atoms with E-state index < -0.39 is 0 Å². The fourth-order valence-electron chi connectivity index (χ4n) is 2.70. The number of likely N-dealkylation sites (tertiary alicyclic amines) is 1. The summed E-state index contributed by atoms with van der Waals surface area (Å²) < 4.78 is 0. The summed E-state index contributed by atoms with van der Waals surface area (Å²) in [4.78, 5) is 13.9. The topological polar surface area (TPSA) is 32.3 Å². The van der Waals surface area contributed by atoms with E-state index in [1.54, 1.807) is 0 Å². The Labute approximate surface area is 105 Å². The number of hydrogen-bond donors (Lipinski definition) is 1. The van der Waals surface area contributed by atoms with Crippen molar-refractivity contribution in [3.8, 4) is 0 Å². The van der Waals surface area contributed by atoms with Crippen molar-refractivity contribution in [3.05, 3.63) is 0 Å². The summed E-state index contributed by atoms with van der Waals surface area (Å²) in [6.07, 6.45) is 6.51. The molecule has 17 heavy (non-hydrogen) atoms. The van der Waals surface area contributed by atoms with Crippen LogP contribution in [0.1, 0.15) is 46.0 Å². The molecule has 0 aromatic rings. The molecule has 2 fully saturated rings. The second kappa shape index (κ2) is 5.85. The SMILES string of the molecule is CC(C)C(=O)N1CCC(NCC2CCC2)CC1. The Kier molecular flexibility index (Phi) is 4.43. The summed E-state index contributed by atoms with van der Waals surface area (Å²) in [5.74, 6) is 1.40. The van der Waals surface area contributed by atoms with Crippen LogP contribution >= 0.6 is 0 Å². The van der Waals surface area contributed by atoms with Crippen molar-refractivity contribution in [3.63, 3.8) is 0 Å². The number of piperidine rings is 1. The van der Waals surface area contributed by atoms with Crippen LogP contribution in [0.5, 0.6) is 0 Å². The van der Waals surface area contributed by atoms with Crippen LogP contribution in [0.4, 0.5) is 0 Å². The number of hydrogen-bond acceptors (Lipinski definition) is 2. The van der Waals surface area contributed by atoms with Gasteiger partial charge in [-0.2, -0.15) is 0 Å². The second-order valence-corrected chi connectivity index (χ2v) is 5.96. The summed E-state index contributed by atoms with van der Waals surface area (Å²) in [5, 5.41) is 3.67. The highest BCUT2D eigenvalue weighted by Crippen LogP contribution is 2.25. The molecule has 0 unspecified atom stereocenters. The molecule has 0 radical (unpaired) electrons. The lowest BCUT2D eigenvalue weighted by Crippen LogP contribution is -2.47. The van der Waals surface area contributed by atoms with Crippen molar-refractivity contribution in [2.24, 2.45) is 11.8 Å². The van der Waals surface area contributed by atoms with E-state index in [-0.39, 0.29) is 5.92 Å². The largest absolute Gasteiger partial charge is 0.342 e. The van der Waals surface area contributed by atoms with Gasteiger partial charge >= 0.3 is 0 Å². The molecule has 2 rings (SSSR count). The van der Waals surface area contributed by atoms with E-state index in [0.29, 0.717) is 11.9 Å². The van der Waals surface area contributed by atoms with E-state index in [9.17, 15) is 4.79 Å². The number of nitrogens with one attached hydrogen (secondary N) is 1. The van der Waals surface area contributed by atoms with Crippen LogP contribution in [0.25, 0.3) is 0 Å². The highest BCUT2D eigenvalue weighted by atomic mass is 16.2. The lowest BCUT2D eigenvalue weighted by molar-refractivity contribution is -0.135. The molecule has 3 nitrogen and oxygen atoms in total. The predicted molar refractivity (Wildman–Crippen MR) is 69.8 cm³/mol. The van der Waals surface area contributed by atoms with E-state index in [4.69, 9.17) is 0 Å². The van der Waals surface area contributed by atoms with Crippen LogP contribution in [-0.4, -0.2) is 36.5 Å². The lowest BCUT2D eigenvalue weighted by atomic mass is 9.85. The van der Waals surface area contributed by atoms with Gasteiger partial charge in [0.05, 0.1) is 0 Å². The highest BCUT2D eigenvalue weighted by Gasteiger charge is 2.25. The van der Waals surface area contributed by atoms with E-state index in [0.717, 1.165) is 31.8 Å². The minimum atomic E-state index is 0.148. The van der Waals surface area contributed by atoms with Crippen molar-refractivity contribution < 1.29 is 4.79 Å². The molecular weight excluding hydrogens is 212 g/mol. The minimum Gasteiger partial charge on any atom is -0.342 e. The first-order valence-electron chi connectivity index (χ1n) is 7.19. The van der Waals surface area contributed by atoms with Crippen molar-refractivity contribution in [1.82, 2.24) is 10.2 Å². The molecule has 0 aromatic carbocycles. The molecule has 0 bridgehead atoms. The summed E-state index contributed by atoms with van der Waals surface area (Å²) >= 11 is 0. The Morgan fingerprint density at radius 2 is 1.88 bits per heavy atom. The first kappa shape index (κ1) is 12.9. The highest BCUT2D eigenvalue weighted by molar-refractivity contribution is 5.78. The van der Waals surface area contributed by atoms with Gasteiger partial charge < -0.3 is 10.2 Å². The van der Waals surface area contributed by atoms with E-state index >= 15 is 0 Å². The first-order valence-corrected chi connectivity index (χ1v) is 7.19. The lowest BCUT2D eigenvalue weighted by Gasteiger charge is -2.35. The van der Waals surface area contributed by atoms with Gasteiger partial charge in [-0.3, -0.25) is 4.79 Å². The zero-order valence-electron chi connectivity index (χ0n) is 11.2. The molecule has 98 valence electrons. The van der Waals surface area contributed by atoms with Crippen LogP contribution in [0, 0.1) is 11.8 Å². The standard InChI is InChI=1S/C14H26N2O/c1-11(2)14(17)16-8-6-13(7-9-16)15-10-12-4-3-5-12/h11-13,15H,3-10H2,1-2H3. The molecule has 1 heterocycles. The van der Waals surface area contributed by atoms with Gasteiger partial charge in [-0.05, 0) is 38.1 Å². The number of carbonyl (C=O) groups excluding carboxylic acids is 1. The normalized spacial score (nSPS) is 22.9. The number of carbonyl (C=O) groups is 1. The molecule has 0 atom stereocenters. The predicted octanol–water partition coefficient (Wildman–Crippen LogP) is 2.02. The van der Waals surface area contributed by atoms with E-state index in [1.807, 2.05) is 18.7 Å². The van der Waals surface area contributed by atoms with Crippen LogP contribution in [0.15, 0.2) is 0 Å². The Morgan fingerprint density at radius 1 is 1.24 bits per heavy atom. The molecule has 0 spiro atoms. The molecule has 1 N–H and O–H groups in total. The van der Waals surface area contributed by atoms with Crippen molar-refractivity contribution in [1.29, 1.82) is 0 Å². The smallest absolute Gasteiger partial charge is 0.225 e. The van der Waals surface area contributed by atoms with Crippen molar-refractivity contribution >= 4 is 5.91 Å². The third-order valence-corrected chi connectivity index (χ3v) is 4.22. The average molecular weight is 238 g/mol. The van der Waals surface area contributed by atoms with Gasteiger partial charge in [-0.15, -0.1) is 0 Å². The van der Waals surface area contributed by atoms with E-state index in [1.165, 1.54) is 25.8 Å². The third kappa shape index (κ3) is 3.44. The average Bonchev–Trinajstić information content (AvgIpc) is 2.27. The molecule has 1 amide bonds. The minimum absolute atomic E-state index is 0.148. The molecule has 1 aliphatic carbocycles. The molecule has 1 saturated carbocycles. The summed E-state index contributed by atoms with van der Waals surface area (Å²) in [6.45, 7) is 7.06. The summed E-state index contributed by atoms with van der Waals surface area (Å²) in [5.41, 5.74) is 0. The first-order chi connectivity index (χ1) is 8.16. The molecule has 1 saturated heterocycles. The number of nitrogens with zero attached hydrogens (tertiary/aromatic N) is 1. The van der Waals surface area contributed by atoms with Gasteiger partial charge in [0.2, 0.25) is 5.91 Å².